The van der Waals surface area contributed by atoms with Crippen LogP contribution in [0.1, 0.15) is 58.3 Å². The minimum atomic E-state index is -0.0216. The van der Waals surface area contributed by atoms with Crippen molar-refractivity contribution in [1.29, 1.82) is 0 Å². The minimum absolute atomic E-state index is 0.0216. The van der Waals surface area contributed by atoms with Gasteiger partial charge in [0.15, 0.2) is 0 Å². The summed E-state index contributed by atoms with van der Waals surface area (Å²) < 4.78 is 11.8. The normalized spacial score (nSPS) is 34.7. The molecule has 2 rings (SSSR count). The standard InChI is InChI=1S/C15H29NO2/c1-2-3-13-4-8-15(12-16,9-5-13)18-14-6-10-17-11-7-14/h13-14H,2-12,16H2,1H3. The van der Waals surface area contributed by atoms with E-state index in [9.17, 15) is 0 Å². The van der Waals surface area contributed by atoms with E-state index in [2.05, 4.69) is 6.92 Å². The minimum Gasteiger partial charge on any atom is -0.381 e. The highest BCUT2D eigenvalue weighted by atomic mass is 16.5. The number of rotatable bonds is 5. The van der Waals surface area contributed by atoms with Crippen LogP contribution in [0.25, 0.3) is 0 Å². The largest absolute Gasteiger partial charge is 0.381 e. The Morgan fingerprint density at radius 2 is 1.83 bits per heavy atom. The zero-order valence-electron chi connectivity index (χ0n) is 11.8. The molecular formula is C15H29NO2. The van der Waals surface area contributed by atoms with Crippen LogP contribution < -0.4 is 5.73 Å². The van der Waals surface area contributed by atoms with Crippen molar-refractivity contribution in [2.24, 2.45) is 11.7 Å². The summed E-state index contributed by atoms with van der Waals surface area (Å²) in [5.41, 5.74) is 6.00. The second kappa shape index (κ2) is 6.88. The third-order valence-corrected chi connectivity index (χ3v) is 4.67. The van der Waals surface area contributed by atoms with Crippen LogP contribution in [0.2, 0.25) is 0 Å². The molecule has 3 nitrogen and oxygen atoms in total. The van der Waals surface area contributed by atoms with E-state index in [-0.39, 0.29) is 5.60 Å². The first-order valence-electron chi connectivity index (χ1n) is 7.73. The molecule has 0 aromatic carbocycles. The van der Waals surface area contributed by atoms with Crippen molar-refractivity contribution in [2.75, 3.05) is 19.8 Å². The number of nitrogens with two attached hydrogens (primary N) is 1. The molecule has 0 bridgehead atoms. The van der Waals surface area contributed by atoms with Crippen molar-refractivity contribution < 1.29 is 9.47 Å². The molecule has 0 spiro atoms. The molecule has 0 aromatic rings. The molecule has 2 aliphatic rings. The van der Waals surface area contributed by atoms with Gasteiger partial charge in [-0.25, -0.2) is 0 Å². The lowest BCUT2D eigenvalue weighted by atomic mass is 9.77. The van der Waals surface area contributed by atoms with Gasteiger partial charge >= 0.3 is 0 Å². The van der Waals surface area contributed by atoms with E-state index >= 15 is 0 Å². The van der Waals surface area contributed by atoms with Crippen LogP contribution in [-0.2, 0) is 9.47 Å². The van der Waals surface area contributed by atoms with Crippen molar-refractivity contribution in [3.05, 3.63) is 0 Å². The van der Waals surface area contributed by atoms with Crippen LogP contribution in [0.4, 0.5) is 0 Å². The Bertz CT molecular complexity index is 231. The fourth-order valence-electron chi connectivity index (χ4n) is 3.42. The Balaban J connectivity index is 1.83. The van der Waals surface area contributed by atoms with Crippen LogP contribution in [-0.4, -0.2) is 31.5 Å². The quantitative estimate of drug-likeness (QED) is 0.821. The van der Waals surface area contributed by atoms with Gasteiger partial charge in [0.1, 0.15) is 0 Å². The van der Waals surface area contributed by atoms with Gasteiger partial charge in [0, 0.05) is 19.8 Å². The van der Waals surface area contributed by atoms with Gasteiger partial charge in [-0.2, -0.15) is 0 Å². The van der Waals surface area contributed by atoms with Gasteiger partial charge < -0.3 is 15.2 Å². The van der Waals surface area contributed by atoms with Crippen molar-refractivity contribution in [3.63, 3.8) is 0 Å². The fourth-order valence-corrected chi connectivity index (χ4v) is 3.42. The van der Waals surface area contributed by atoms with Crippen LogP contribution in [0.3, 0.4) is 0 Å². The molecule has 1 saturated carbocycles. The van der Waals surface area contributed by atoms with Crippen molar-refractivity contribution >= 4 is 0 Å². The summed E-state index contributed by atoms with van der Waals surface area (Å²) in [4.78, 5) is 0. The summed E-state index contributed by atoms with van der Waals surface area (Å²) in [5, 5.41) is 0. The topological polar surface area (TPSA) is 44.5 Å². The summed E-state index contributed by atoms with van der Waals surface area (Å²) >= 11 is 0. The van der Waals surface area contributed by atoms with Gasteiger partial charge in [-0.3, -0.25) is 0 Å². The third-order valence-electron chi connectivity index (χ3n) is 4.67. The molecule has 2 N–H and O–H groups in total. The van der Waals surface area contributed by atoms with Crippen molar-refractivity contribution in [3.8, 4) is 0 Å². The van der Waals surface area contributed by atoms with Crippen LogP contribution in [0.5, 0.6) is 0 Å². The SMILES string of the molecule is CCCC1CCC(CN)(OC2CCOCC2)CC1. The highest BCUT2D eigenvalue weighted by Crippen LogP contribution is 2.37. The highest BCUT2D eigenvalue weighted by molar-refractivity contribution is 4.89. The van der Waals surface area contributed by atoms with E-state index < -0.39 is 0 Å². The molecule has 18 heavy (non-hydrogen) atoms. The molecule has 2 fully saturated rings. The summed E-state index contributed by atoms with van der Waals surface area (Å²) in [6.45, 7) is 4.67. The molecule has 1 aliphatic heterocycles. The smallest absolute Gasteiger partial charge is 0.0808 e. The van der Waals surface area contributed by atoms with Gasteiger partial charge in [-0.05, 0) is 44.4 Å². The number of hydrogen-bond donors (Lipinski definition) is 1. The summed E-state index contributed by atoms with van der Waals surface area (Å²) in [7, 11) is 0. The Hall–Kier alpha value is -0.120. The number of hydrogen-bond acceptors (Lipinski definition) is 3. The fraction of sp³-hybridized carbons (Fsp3) is 1.00. The lowest BCUT2D eigenvalue weighted by molar-refractivity contribution is -0.140. The lowest BCUT2D eigenvalue weighted by Gasteiger charge is -2.42. The summed E-state index contributed by atoms with van der Waals surface area (Å²) in [5.74, 6) is 0.910. The van der Waals surface area contributed by atoms with E-state index in [0.717, 1.165) is 44.8 Å². The molecule has 0 amide bonds. The van der Waals surface area contributed by atoms with E-state index in [1.54, 1.807) is 0 Å². The molecule has 1 aliphatic carbocycles. The Labute approximate surface area is 111 Å². The number of ether oxygens (including phenoxy) is 2. The van der Waals surface area contributed by atoms with Crippen molar-refractivity contribution in [1.82, 2.24) is 0 Å². The van der Waals surface area contributed by atoms with E-state index in [1.165, 1.54) is 25.7 Å². The maximum atomic E-state index is 6.39. The molecule has 106 valence electrons. The van der Waals surface area contributed by atoms with E-state index in [1.807, 2.05) is 0 Å². The van der Waals surface area contributed by atoms with Crippen LogP contribution in [0, 0.1) is 5.92 Å². The predicted octanol–water partition coefficient (Wildman–Crippen LogP) is 2.87. The van der Waals surface area contributed by atoms with Gasteiger partial charge in [0.05, 0.1) is 11.7 Å². The van der Waals surface area contributed by atoms with Gasteiger partial charge in [-0.1, -0.05) is 19.8 Å². The molecule has 1 saturated heterocycles. The average molecular weight is 255 g/mol. The van der Waals surface area contributed by atoms with Gasteiger partial charge in [0.25, 0.3) is 0 Å². The molecule has 0 unspecified atom stereocenters. The average Bonchev–Trinajstić information content (AvgIpc) is 2.43. The second-order valence-electron chi connectivity index (χ2n) is 6.05. The van der Waals surface area contributed by atoms with Crippen LogP contribution >= 0.6 is 0 Å². The Morgan fingerprint density at radius 1 is 1.17 bits per heavy atom. The Kier molecular flexibility index (Phi) is 5.46. The molecular weight excluding hydrogens is 226 g/mol. The lowest BCUT2D eigenvalue weighted by Crippen LogP contribution is -2.47. The van der Waals surface area contributed by atoms with E-state index in [0.29, 0.717) is 12.6 Å². The summed E-state index contributed by atoms with van der Waals surface area (Å²) in [6.07, 6.45) is 10.1. The third kappa shape index (κ3) is 3.69. The first-order valence-corrected chi connectivity index (χ1v) is 7.73. The molecule has 1 heterocycles. The predicted molar refractivity (Wildman–Crippen MR) is 73.6 cm³/mol. The van der Waals surface area contributed by atoms with Gasteiger partial charge in [-0.15, -0.1) is 0 Å². The van der Waals surface area contributed by atoms with E-state index in [4.69, 9.17) is 15.2 Å². The first kappa shape index (κ1) is 14.3. The highest BCUT2D eigenvalue weighted by Gasteiger charge is 2.37. The molecule has 0 atom stereocenters. The summed E-state index contributed by atoms with van der Waals surface area (Å²) in [6, 6.07) is 0. The first-order chi connectivity index (χ1) is 8.78. The molecule has 0 aromatic heterocycles. The van der Waals surface area contributed by atoms with Gasteiger partial charge in [0.2, 0.25) is 0 Å². The second-order valence-corrected chi connectivity index (χ2v) is 6.05. The maximum absolute atomic E-state index is 6.39. The van der Waals surface area contributed by atoms with Crippen LogP contribution in [0.15, 0.2) is 0 Å². The monoisotopic (exact) mass is 255 g/mol. The zero-order valence-corrected chi connectivity index (χ0v) is 11.8. The zero-order chi connectivity index (χ0) is 12.8. The van der Waals surface area contributed by atoms with Crippen molar-refractivity contribution in [2.45, 2.75) is 70.0 Å². The maximum Gasteiger partial charge on any atom is 0.0808 e. The molecule has 3 heteroatoms. The molecule has 0 radical (unpaired) electrons. The Morgan fingerprint density at radius 3 is 2.39 bits per heavy atom.